The number of nitro groups is 1. The first-order chi connectivity index (χ1) is 10.4. The average Bonchev–Trinajstić information content (AvgIpc) is 2.35. The Morgan fingerprint density at radius 3 is 2.13 bits per heavy atom. The minimum Gasteiger partial charge on any atom is -0.329 e. The summed E-state index contributed by atoms with van der Waals surface area (Å²) in [7, 11) is -3.83. The average molecular weight is 343 g/mol. The smallest absolute Gasteiger partial charge is 0.270 e. The Morgan fingerprint density at radius 2 is 1.78 bits per heavy atom. The van der Waals surface area contributed by atoms with Gasteiger partial charge in [0.1, 0.15) is 0 Å². The third-order valence-electron chi connectivity index (χ3n) is 3.61. The van der Waals surface area contributed by atoms with Crippen molar-refractivity contribution < 1.29 is 13.3 Å². The number of benzene rings is 1. The highest BCUT2D eigenvalue weighted by Crippen LogP contribution is 2.27. The van der Waals surface area contributed by atoms with Crippen LogP contribution in [0.15, 0.2) is 17.0 Å². The molecule has 0 saturated heterocycles. The van der Waals surface area contributed by atoms with Gasteiger partial charge in [0.2, 0.25) is 10.0 Å². The predicted octanol–water partition coefficient (Wildman–Crippen LogP) is 2.25. The maximum atomic E-state index is 12.8. The van der Waals surface area contributed by atoms with Crippen molar-refractivity contribution in [2.75, 3.05) is 6.54 Å². The normalized spacial score (nSPS) is 14.7. The third kappa shape index (κ3) is 4.73. The fourth-order valence-corrected chi connectivity index (χ4v) is 4.78. The first-order valence-electron chi connectivity index (χ1n) is 7.41. The van der Waals surface area contributed by atoms with Gasteiger partial charge in [0.05, 0.1) is 9.82 Å². The van der Waals surface area contributed by atoms with Gasteiger partial charge in [-0.05, 0) is 44.2 Å². The van der Waals surface area contributed by atoms with Crippen LogP contribution in [0.1, 0.15) is 38.3 Å². The summed E-state index contributed by atoms with van der Waals surface area (Å²) in [5.74, 6) is 0.269. The number of hydrogen-bond donors (Lipinski definition) is 2. The number of nitro benzene ring substituents is 1. The molecule has 1 aromatic rings. The molecule has 0 spiro atoms. The molecular weight excluding hydrogens is 318 g/mol. The van der Waals surface area contributed by atoms with Crippen molar-refractivity contribution in [1.29, 1.82) is 0 Å². The standard InChI is InChI=1S/C15H25N3O4S/c1-10(2)8-15(5,9-16)17-23(21,22)14-11(3)6-13(18(19)20)7-12(14)4/h6-7,10,17H,8-9,16H2,1-5H3. The second-order valence-electron chi connectivity index (χ2n) is 6.63. The van der Waals surface area contributed by atoms with Gasteiger partial charge < -0.3 is 5.73 Å². The van der Waals surface area contributed by atoms with E-state index in [1.54, 1.807) is 20.8 Å². The molecule has 0 aromatic heterocycles. The molecule has 0 heterocycles. The van der Waals surface area contributed by atoms with E-state index < -0.39 is 20.5 Å². The molecule has 0 radical (unpaired) electrons. The van der Waals surface area contributed by atoms with Crippen LogP contribution < -0.4 is 10.5 Å². The van der Waals surface area contributed by atoms with Crippen molar-refractivity contribution in [1.82, 2.24) is 4.72 Å². The third-order valence-corrected chi connectivity index (χ3v) is 5.56. The Kier molecular flexibility index (Phi) is 5.89. The Labute approximate surface area is 137 Å². The first-order valence-corrected chi connectivity index (χ1v) is 8.90. The fraction of sp³-hybridized carbons (Fsp3) is 0.600. The monoisotopic (exact) mass is 343 g/mol. The highest BCUT2D eigenvalue weighted by atomic mass is 32.2. The SMILES string of the molecule is Cc1cc([N+](=O)[O-])cc(C)c1S(=O)(=O)NC(C)(CN)CC(C)C. The molecule has 3 N–H and O–H groups in total. The van der Waals surface area contributed by atoms with Crippen molar-refractivity contribution >= 4 is 15.7 Å². The van der Waals surface area contributed by atoms with Gasteiger partial charge in [-0.1, -0.05) is 13.8 Å². The lowest BCUT2D eigenvalue weighted by atomic mass is 9.92. The molecule has 0 aliphatic heterocycles. The zero-order valence-corrected chi connectivity index (χ0v) is 15.0. The molecule has 1 aromatic carbocycles. The first kappa shape index (κ1) is 19.5. The zero-order valence-electron chi connectivity index (χ0n) is 14.2. The number of rotatable bonds is 7. The molecule has 23 heavy (non-hydrogen) atoms. The Hall–Kier alpha value is -1.51. The summed E-state index contributed by atoms with van der Waals surface area (Å²) in [6.45, 7) is 9.01. The van der Waals surface area contributed by atoms with Crippen molar-refractivity contribution in [2.24, 2.45) is 11.7 Å². The number of hydrogen-bond acceptors (Lipinski definition) is 5. The predicted molar refractivity (Wildman–Crippen MR) is 89.8 cm³/mol. The molecular formula is C15H25N3O4S. The summed E-state index contributed by atoms with van der Waals surface area (Å²) < 4.78 is 28.2. The molecule has 0 saturated carbocycles. The highest BCUT2D eigenvalue weighted by molar-refractivity contribution is 7.89. The lowest BCUT2D eigenvalue weighted by molar-refractivity contribution is -0.385. The van der Waals surface area contributed by atoms with Gasteiger partial charge in [0.15, 0.2) is 0 Å². The summed E-state index contributed by atoms with van der Waals surface area (Å²) >= 11 is 0. The maximum Gasteiger partial charge on any atom is 0.270 e. The second kappa shape index (κ2) is 6.94. The molecule has 7 nitrogen and oxygen atoms in total. The quantitative estimate of drug-likeness (QED) is 0.582. The van der Waals surface area contributed by atoms with Crippen LogP contribution in [-0.2, 0) is 10.0 Å². The van der Waals surface area contributed by atoms with Crippen molar-refractivity contribution in [3.8, 4) is 0 Å². The van der Waals surface area contributed by atoms with Gasteiger partial charge in [0, 0.05) is 24.2 Å². The maximum absolute atomic E-state index is 12.8. The molecule has 1 atom stereocenters. The largest absolute Gasteiger partial charge is 0.329 e. The fourth-order valence-electron chi connectivity index (χ4n) is 2.90. The topological polar surface area (TPSA) is 115 Å². The van der Waals surface area contributed by atoms with E-state index in [1.807, 2.05) is 13.8 Å². The van der Waals surface area contributed by atoms with Crippen LogP contribution in [0.3, 0.4) is 0 Å². The number of nitrogens with two attached hydrogens (primary N) is 1. The summed E-state index contributed by atoms with van der Waals surface area (Å²) in [6.07, 6.45) is 0.591. The van der Waals surface area contributed by atoms with Crippen molar-refractivity contribution in [3.05, 3.63) is 33.4 Å². The van der Waals surface area contributed by atoms with Crippen LogP contribution in [0.2, 0.25) is 0 Å². The minimum absolute atomic E-state index is 0.0755. The number of sulfonamides is 1. The summed E-state index contributed by atoms with van der Waals surface area (Å²) in [5, 5.41) is 10.9. The molecule has 0 aliphatic rings. The number of nitrogens with zero attached hydrogens (tertiary/aromatic N) is 1. The van der Waals surface area contributed by atoms with E-state index in [2.05, 4.69) is 4.72 Å². The molecule has 130 valence electrons. The van der Waals surface area contributed by atoms with Gasteiger partial charge >= 0.3 is 0 Å². The number of aryl methyl sites for hydroxylation is 2. The van der Waals surface area contributed by atoms with E-state index in [4.69, 9.17) is 5.73 Å². The molecule has 0 amide bonds. The van der Waals surface area contributed by atoms with E-state index in [1.165, 1.54) is 12.1 Å². The van der Waals surface area contributed by atoms with Crippen LogP contribution >= 0.6 is 0 Å². The highest BCUT2D eigenvalue weighted by Gasteiger charge is 2.32. The van der Waals surface area contributed by atoms with Crippen LogP contribution in [0, 0.1) is 29.9 Å². The van der Waals surface area contributed by atoms with Gasteiger partial charge in [-0.15, -0.1) is 0 Å². The molecule has 0 fully saturated rings. The lowest BCUT2D eigenvalue weighted by Gasteiger charge is -2.31. The van der Waals surface area contributed by atoms with Gasteiger partial charge in [-0.3, -0.25) is 10.1 Å². The summed E-state index contributed by atoms with van der Waals surface area (Å²) in [6, 6.07) is 2.54. The van der Waals surface area contributed by atoms with Crippen LogP contribution in [0.4, 0.5) is 5.69 Å². The zero-order chi connectivity index (χ0) is 18.0. The summed E-state index contributed by atoms with van der Waals surface area (Å²) in [4.78, 5) is 10.4. The molecule has 1 rings (SSSR count). The summed E-state index contributed by atoms with van der Waals surface area (Å²) in [5.41, 5.74) is 5.55. The molecule has 8 heteroatoms. The minimum atomic E-state index is -3.83. The number of nitrogens with one attached hydrogen (secondary N) is 1. The van der Waals surface area contributed by atoms with Gasteiger partial charge in [-0.2, -0.15) is 0 Å². The molecule has 0 bridgehead atoms. The lowest BCUT2D eigenvalue weighted by Crippen LogP contribution is -2.52. The number of non-ortho nitro benzene ring substituents is 1. The Balaban J connectivity index is 3.31. The van der Waals surface area contributed by atoms with E-state index >= 15 is 0 Å². The Morgan fingerprint density at radius 1 is 1.30 bits per heavy atom. The van der Waals surface area contributed by atoms with Crippen LogP contribution in [0.25, 0.3) is 0 Å². The van der Waals surface area contributed by atoms with E-state index in [0.29, 0.717) is 17.5 Å². The van der Waals surface area contributed by atoms with Crippen LogP contribution in [0.5, 0.6) is 0 Å². The van der Waals surface area contributed by atoms with Crippen molar-refractivity contribution in [3.63, 3.8) is 0 Å². The van der Waals surface area contributed by atoms with E-state index in [9.17, 15) is 18.5 Å². The molecule has 1 unspecified atom stereocenters. The second-order valence-corrected chi connectivity index (χ2v) is 8.25. The van der Waals surface area contributed by atoms with Gasteiger partial charge in [0.25, 0.3) is 5.69 Å². The van der Waals surface area contributed by atoms with Crippen molar-refractivity contribution in [2.45, 2.75) is 51.5 Å². The van der Waals surface area contributed by atoms with E-state index in [-0.39, 0.29) is 23.0 Å². The van der Waals surface area contributed by atoms with Crippen LogP contribution in [-0.4, -0.2) is 25.4 Å². The molecule has 0 aliphatic carbocycles. The Bertz CT molecular complexity index is 678. The van der Waals surface area contributed by atoms with Gasteiger partial charge in [-0.25, -0.2) is 13.1 Å². The van der Waals surface area contributed by atoms with E-state index in [0.717, 1.165) is 0 Å².